The lowest BCUT2D eigenvalue weighted by Gasteiger charge is -2.24. The molecular formula is C18H19ClN2O3. The SMILES string of the molecule is C[C@H](C(=O)Nc1ccc2c(c1)OCO2)N(C)Cc1cccc(Cl)c1. The second-order valence-corrected chi connectivity index (χ2v) is 6.21. The van der Waals surface area contributed by atoms with E-state index in [1.54, 1.807) is 18.2 Å². The third-order valence-corrected chi connectivity index (χ3v) is 4.24. The molecule has 1 N–H and O–H groups in total. The summed E-state index contributed by atoms with van der Waals surface area (Å²) >= 11 is 6.00. The van der Waals surface area contributed by atoms with E-state index < -0.39 is 0 Å². The first-order valence-corrected chi connectivity index (χ1v) is 8.06. The number of ether oxygens (including phenoxy) is 2. The standard InChI is InChI=1S/C18H19ClN2O3/c1-12(21(2)10-13-4-3-5-14(19)8-13)18(22)20-15-6-7-16-17(9-15)24-11-23-16/h3-9,12H,10-11H2,1-2H3,(H,20,22)/t12-/m1/s1. The van der Waals surface area contributed by atoms with Gasteiger partial charge in [0.15, 0.2) is 11.5 Å². The summed E-state index contributed by atoms with van der Waals surface area (Å²) in [5, 5.41) is 3.60. The fraction of sp³-hybridized carbons (Fsp3) is 0.278. The van der Waals surface area contributed by atoms with Crippen LogP contribution in [0.5, 0.6) is 11.5 Å². The first-order chi connectivity index (χ1) is 11.5. The van der Waals surface area contributed by atoms with E-state index in [9.17, 15) is 4.79 Å². The number of carbonyl (C=O) groups excluding carboxylic acids is 1. The second-order valence-electron chi connectivity index (χ2n) is 5.78. The Morgan fingerprint density at radius 3 is 2.83 bits per heavy atom. The van der Waals surface area contributed by atoms with Crippen LogP contribution in [0.15, 0.2) is 42.5 Å². The highest BCUT2D eigenvalue weighted by Crippen LogP contribution is 2.34. The average Bonchev–Trinajstić information content (AvgIpc) is 3.01. The zero-order valence-electron chi connectivity index (χ0n) is 13.6. The van der Waals surface area contributed by atoms with E-state index in [4.69, 9.17) is 21.1 Å². The third-order valence-electron chi connectivity index (χ3n) is 4.00. The van der Waals surface area contributed by atoms with Gasteiger partial charge in [0.2, 0.25) is 12.7 Å². The number of fused-ring (bicyclic) bond motifs is 1. The molecule has 1 heterocycles. The van der Waals surface area contributed by atoms with Gasteiger partial charge in [0.05, 0.1) is 6.04 Å². The van der Waals surface area contributed by atoms with Crippen LogP contribution in [0.1, 0.15) is 12.5 Å². The fourth-order valence-electron chi connectivity index (χ4n) is 2.48. The van der Waals surface area contributed by atoms with Gasteiger partial charge in [-0.25, -0.2) is 0 Å². The molecule has 1 aliphatic rings. The van der Waals surface area contributed by atoms with Crippen LogP contribution in [0.4, 0.5) is 5.69 Å². The molecule has 0 unspecified atom stereocenters. The van der Waals surface area contributed by atoms with Crippen molar-refractivity contribution in [2.24, 2.45) is 0 Å². The summed E-state index contributed by atoms with van der Waals surface area (Å²) in [5.41, 5.74) is 1.75. The Morgan fingerprint density at radius 2 is 2.04 bits per heavy atom. The first kappa shape index (κ1) is 16.6. The topological polar surface area (TPSA) is 50.8 Å². The maximum absolute atomic E-state index is 12.5. The van der Waals surface area contributed by atoms with Crippen LogP contribution in [0.3, 0.4) is 0 Å². The number of amides is 1. The van der Waals surface area contributed by atoms with Crippen LogP contribution in [-0.2, 0) is 11.3 Å². The Labute approximate surface area is 146 Å². The van der Waals surface area contributed by atoms with Crippen molar-refractivity contribution in [2.75, 3.05) is 19.2 Å². The van der Waals surface area contributed by atoms with Crippen LogP contribution in [0, 0.1) is 0 Å². The number of nitrogens with zero attached hydrogens (tertiary/aromatic N) is 1. The summed E-state index contributed by atoms with van der Waals surface area (Å²) < 4.78 is 10.6. The maximum atomic E-state index is 12.5. The average molecular weight is 347 g/mol. The minimum Gasteiger partial charge on any atom is -0.454 e. The van der Waals surface area contributed by atoms with Crippen LogP contribution in [-0.4, -0.2) is 30.7 Å². The largest absolute Gasteiger partial charge is 0.454 e. The summed E-state index contributed by atoms with van der Waals surface area (Å²) in [6.45, 7) is 2.72. The fourth-order valence-corrected chi connectivity index (χ4v) is 2.69. The number of carbonyl (C=O) groups is 1. The van der Waals surface area contributed by atoms with Crippen LogP contribution >= 0.6 is 11.6 Å². The van der Waals surface area contributed by atoms with Crippen molar-refractivity contribution in [3.8, 4) is 11.5 Å². The van der Waals surface area contributed by atoms with Crippen molar-refractivity contribution in [3.05, 3.63) is 53.1 Å². The molecule has 1 amide bonds. The molecule has 5 nitrogen and oxygen atoms in total. The molecule has 24 heavy (non-hydrogen) atoms. The molecule has 126 valence electrons. The molecule has 0 saturated heterocycles. The Kier molecular flexibility index (Phi) is 4.92. The quantitative estimate of drug-likeness (QED) is 0.899. The van der Waals surface area contributed by atoms with E-state index in [0.717, 1.165) is 5.56 Å². The summed E-state index contributed by atoms with van der Waals surface area (Å²) in [7, 11) is 1.91. The number of rotatable bonds is 5. The maximum Gasteiger partial charge on any atom is 0.241 e. The zero-order valence-corrected chi connectivity index (χ0v) is 14.3. The van der Waals surface area contributed by atoms with E-state index in [2.05, 4.69) is 5.32 Å². The molecular weight excluding hydrogens is 328 g/mol. The molecule has 1 atom stereocenters. The molecule has 0 fully saturated rings. The molecule has 0 saturated carbocycles. The number of likely N-dealkylation sites (N-methyl/N-ethyl adjacent to an activating group) is 1. The predicted octanol–water partition coefficient (Wildman–Crippen LogP) is 3.53. The van der Waals surface area contributed by atoms with Crippen molar-refractivity contribution in [1.82, 2.24) is 4.90 Å². The van der Waals surface area contributed by atoms with Gasteiger partial charge in [-0.05, 0) is 43.8 Å². The van der Waals surface area contributed by atoms with E-state index >= 15 is 0 Å². The molecule has 1 aliphatic heterocycles. The van der Waals surface area contributed by atoms with E-state index in [-0.39, 0.29) is 18.7 Å². The normalized spacial score (nSPS) is 13.8. The Balaban J connectivity index is 1.61. The smallest absolute Gasteiger partial charge is 0.241 e. The van der Waals surface area contributed by atoms with Gasteiger partial charge in [0.25, 0.3) is 0 Å². The van der Waals surface area contributed by atoms with Crippen molar-refractivity contribution < 1.29 is 14.3 Å². The van der Waals surface area contributed by atoms with Gasteiger partial charge >= 0.3 is 0 Å². The highest BCUT2D eigenvalue weighted by Gasteiger charge is 2.20. The molecule has 0 spiro atoms. The predicted molar refractivity (Wildman–Crippen MR) is 93.6 cm³/mol. The van der Waals surface area contributed by atoms with E-state index in [1.165, 1.54) is 0 Å². The number of hydrogen-bond donors (Lipinski definition) is 1. The minimum absolute atomic E-state index is 0.0848. The monoisotopic (exact) mass is 346 g/mol. The number of benzene rings is 2. The van der Waals surface area contributed by atoms with Gasteiger partial charge in [-0.1, -0.05) is 23.7 Å². The van der Waals surface area contributed by atoms with Crippen LogP contribution in [0.25, 0.3) is 0 Å². The summed E-state index contributed by atoms with van der Waals surface area (Å²) in [5.74, 6) is 1.25. The zero-order chi connectivity index (χ0) is 17.1. The van der Waals surface area contributed by atoms with E-state index in [1.807, 2.05) is 43.1 Å². The lowest BCUT2D eigenvalue weighted by Crippen LogP contribution is -2.39. The van der Waals surface area contributed by atoms with Crippen molar-refractivity contribution >= 4 is 23.2 Å². The number of hydrogen-bond acceptors (Lipinski definition) is 4. The molecule has 3 rings (SSSR count). The minimum atomic E-state index is -0.297. The van der Waals surface area contributed by atoms with Gasteiger partial charge in [0.1, 0.15) is 0 Å². The molecule has 2 aromatic rings. The molecule has 0 aromatic heterocycles. The van der Waals surface area contributed by atoms with Crippen LogP contribution < -0.4 is 14.8 Å². The summed E-state index contributed by atoms with van der Waals surface area (Å²) in [6, 6.07) is 12.7. The molecule has 0 radical (unpaired) electrons. The Morgan fingerprint density at radius 1 is 1.25 bits per heavy atom. The van der Waals surface area contributed by atoms with Gasteiger partial charge in [-0.15, -0.1) is 0 Å². The van der Waals surface area contributed by atoms with Crippen LogP contribution in [0.2, 0.25) is 5.02 Å². The number of nitrogens with one attached hydrogen (secondary N) is 1. The Hall–Kier alpha value is -2.24. The molecule has 0 aliphatic carbocycles. The van der Waals surface area contributed by atoms with Gasteiger partial charge in [-0.3, -0.25) is 9.69 Å². The first-order valence-electron chi connectivity index (χ1n) is 7.68. The van der Waals surface area contributed by atoms with Gasteiger partial charge in [-0.2, -0.15) is 0 Å². The highest BCUT2D eigenvalue weighted by molar-refractivity contribution is 6.30. The van der Waals surface area contributed by atoms with E-state index in [0.29, 0.717) is 28.8 Å². The number of anilines is 1. The molecule has 2 aromatic carbocycles. The van der Waals surface area contributed by atoms with Gasteiger partial charge in [0, 0.05) is 23.3 Å². The van der Waals surface area contributed by atoms with Gasteiger partial charge < -0.3 is 14.8 Å². The second kappa shape index (κ2) is 7.11. The Bertz CT molecular complexity index is 751. The lowest BCUT2D eigenvalue weighted by molar-refractivity contribution is -0.120. The van der Waals surface area contributed by atoms with Crippen molar-refractivity contribution in [1.29, 1.82) is 0 Å². The molecule has 0 bridgehead atoms. The summed E-state index contributed by atoms with van der Waals surface area (Å²) in [6.07, 6.45) is 0. The lowest BCUT2D eigenvalue weighted by atomic mass is 10.2. The van der Waals surface area contributed by atoms with Crippen molar-refractivity contribution in [2.45, 2.75) is 19.5 Å². The summed E-state index contributed by atoms with van der Waals surface area (Å²) in [4.78, 5) is 14.4. The molecule has 6 heteroatoms. The number of halogens is 1. The highest BCUT2D eigenvalue weighted by atomic mass is 35.5. The van der Waals surface area contributed by atoms with Crippen molar-refractivity contribution in [3.63, 3.8) is 0 Å². The third kappa shape index (κ3) is 3.80.